The number of halogens is 1. The lowest BCUT2D eigenvalue weighted by atomic mass is 9.89. The lowest BCUT2D eigenvalue weighted by molar-refractivity contribution is -0.138. The third-order valence-electron chi connectivity index (χ3n) is 4.29. The number of hydrogen-bond donors (Lipinski definition) is 1. The molecule has 2 amide bonds. The summed E-state index contributed by atoms with van der Waals surface area (Å²) in [5.41, 5.74) is 0.0568. The van der Waals surface area contributed by atoms with Gasteiger partial charge < -0.3 is 5.32 Å². The summed E-state index contributed by atoms with van der Waals surface area (Å²) in [7, 11) is 0. The largest absolute Gasteiger partial charge is 0.340 e. The van der Waals surface area contributed by atoms with Gasteiger partial charge in [-0.1, -0.05) is 6.07 Å². The molecule has 5 heteroatoms. The highest BCUT2D eigenvalue weighted by Gasteiger charge is 2.54. The number of carbonyl (C=O) groups excluding carboxylic acids is 2. The Balaban J connectivity index is 2.02. The van der Waals surface area contributed by atoms with E-state index >= 15 is 0 Å². The first kappa shape index (κ1) is 13.9. The minimum absolute atomic E-state index is 0.00843. The van der Waals surface area contributed by atoms with Gasteiger partial charge in [0, 0.05) is 9.26 Å². The summed E-state index contributed by atoms with van der Waals surface area (Å²) in [4.78, 5) is 26.8. The van der Waals surface area contributed by atoms with Crippen molar-refractivity contribution in [2.45, 2.75) is 38.3 Å². The smallest absolute Gasteiger partial charge is 0.253 e. The van der Waals surface area contributed by atoms with Gasteiger partial charge in [0.2, 0.25) is 5.91 Å². The highest BCUT2D eigenvalue weighted by Crippen LogP contribution is 2.43. The monoisotopic (exact) mass is 384 g/mol. The SMILES string of the molecule is CC1C(=O)NC(C)(C2CC2)C(=O)N1c1cccc(I)c1. The molecule has 0 spiro atoms. The van der Waals surface area contributed by atoms with Gasteiger partial charge in [0.1, 0.15) is 11.6 Å². The van der Waals surface area contributed by atoms with Gasteiger partial charge in [0.05, 0.1) is 0 Å². The Morgan fingerprint density at radius 2 is 2.05 bits per heavy atom. The summed E-state index contributed by atoms with van der Waals surface area (Å²) in [6.45, 7) is 3.64. The quantitative estimate of drug-likeness (QED) is 0.796. The van der Waals surface area contributed by atoms with E-state index in [1.54, 1.807) is 11.8 Å². The van der Waals surface area contributed by atoms with Crippen LogP contribution in [0.3, 0.4) is 0 Å². The highest BCUT2D eigenvalue weighted by molar-refractivity contribution is 14.1. The molecule has 0 bridgehead atoms. The second kappa shape index (κ2) is 4.72. The maximum atomic E-state index is 12.9. The molecule has 2 unspecified atom stereocenters. The molecule has 4 nitrogen and oxygen atoms in total. The number of amides is 2. The number of piperazine rings is 1. The number of nitrogens with one attached hydrogen (secondary N) is 1. The van der Waals surface area contributed by atoms with Crippen molar-refractivity contribution in [3.8, 4) is 0 Å². The van der Waals surface area contributed by atoms with Crippen molar-refractivity contribution in [2.24, 2.45) is 5.92 Å². The fraction of sp³-hybridized carbons (Fsp3) is 0.467. The molecule has 3 rings (SSSR count). The van der Waals surface area contributed by atoms with Crippen LogP contribution >= 0.6 is 22.6 Å². The average molecular weight is 384 g/mol. The molecule has 0 radical (unpaired) electrons. The van der Waals surface area contributed by atoms with Crippen LogP contribution in [0.4, 0.5) is 5.69 Å². The van der Waals surface area contributed by atoms with E-state index in [0.717, 1.165) is 22.1 Å². The van der Waals surface area contributed by atoms with E-state index in [1.807, 2.05) is 31.2 Å². The van der Waals surface area contributed by atoms with Gasteiger partial charge in [-0.05, 0) is 73.4 Å². The third-order valence-corrected chi connectivity index (χ3v) is 4.96. The third kappa shape index (κ3) is 2.12. The highest BCUT2D eigenvalue weighted by atomic mass is 127. The van der Waals surface area contributed by atoms with Crippen molar-refractivity contribution in [1.82, 2.24) is 5.32 Å². The van der Waals surface area contributed by atoms with Crippen LogP contribution < -0.4 is 10.2 Å². The van der Waals surface area contributed by atoms with Gasteiger partial charge >= 0.3 is 0 Å². The van der Waals surface area contributed by atoms with Crippen LogP contribution in [0, 0.1) is 9.49 Å². The summed E-state index contributed by atoms with van der Waals surface area (Å²) in [5, 5.41) is 2.94. The van der Waals surface area contributed by atoms with Crippen LogP contribution in [0.1, 0.15) is 26.7 Å². The number of anilines is 1. The standard InChI is InChI=1S/C15H17IN2O2/c1-9-13(19)17-15(2,10-6-7-10)14(20)18(9)12-5-3-4-11(16)8-12/h3-5,8-10H,6-7H2,1-2H3,(H,17,19). The van der Waals surface area contributed by atoms with Crippen molar-refractivity contribution in [2.75, 3.05) is 4.90 Å². The van der Waals surface area contributed by atoms with Crippen LogP contribution in [0.25, 0.3) is 0 Å². The Morgan fingerprint density at radius 1 is 1.35 bits per heavy atom. The first-order valence-electron chi connectivity index (χ1n) is 6.85. The Morgan fingerprint density at radius 3 is 2.65 bits per heavy atom. The molecule has 106 valence electrons. The van der Waals surface area contributed by atoms with Crippen molar-refractivity contribution < 1.29 is 9.59 Å². The molecular weight excluding hydrogens is 367 g/mol. The zero-order valence-corrected chi connectivity index (χ0v) is 13.7. The summed E-state index contributed by atoms with van der Waals surface area (Å²) < 4.78 is 1.05. The molecule has 2 atom stereocenters. The fourth-order valence-electron chi connectivity index (χ4n) is 2.86. The maximum Gasteiger partial charge on any atom is 0.253 e. The second-order valence-electron chi connectivity index (χ2n) is 5.80. The van der Waals surface area contributed by atoms with E-state index in [4.69, 9.17) is 0 Å². The minimum atomic E-state index is -0.745. The number of hydrogen-bond acceptors (Lipinski definition) is 2. The van der Waals surface area contributed by atoms with E-state index in [1.165, 1.54) is 0 Å². The molecule has 1 aromatic carbocycles. The molecule has 1 heterocycles. The van der Waals surface area contributed by atoms with E-state index in [0.29, 0.717) is 0 Å². The van der Waals surface area contributed by atoms with E-state index in [-0.39, 0.29) is 17.7 Å². The van der Waals surface area contributed by atoms with Crippen LogP contribution in [0.15, 0.2) is 24.3 Å². The predicted molar refractivity (Wildman–Crippen MR) is 85.4 cm³/mol. The topological polar surface area (TPSA) is 49.4 Å². The number of benzene rings is 1. The lowest BCUT2D eigenvalue weighted by Gasteiger charge is -2.43. The minimum Gasteiger partial charge on any atom is -0.340 e. The molecule has 2 aliphatic rings. The Labute approximate surface area is 132 Å². The van der Waals surface area contributed by atoms with Crippen LogP contribution in [0.2, 0.25) is 0 Å². The fourth-order valence-corrected chi connectivity index (χ4v) is 3.39. The molecule has 1 saturated heterocycles. The molecule has 1 aliphatic heterocycles. The molecular formula is C15H17IN2O2. The van der Waals surface area contributed by atoms with Gasteiger partial charge in [-0.25, -0.2) is 0 Å². The van der Waals surface area contributed by atoms with Gasteiger partial charge in [0.25, 0.3) is 5.91 Å². The first-order chi connectivity index (χ1) is 9.43. The molecule has 2 fully saturated rings. The van der Waals surface area contributed by atoms with Crippen LogP contribution in [-0.2, 0) is 9.59 Å². The van der Waals surface area contributed by atoms with Gasteiger partial charge in [-0.2, -0.15) is 0 Å². The van der Waals surface area contributed by atoms with Crippen molar-refractivity contribution in [3.63, 3.8) is 0 Å². The summed E-state index contributed by atoms with van der Waals surface area (Å²) in [6, 6.07) is 7.26. The predicted octanol–water partition coefficient (Wildman–Crippen LogP) is 2.31. The molecule has 0 aromatic heterocycles. The zero-order valence-electron chi connectivity index (χ0n) is 11.5. The lowest BCUT2D eigenvalue weighted by Crippen LogP contribution is -2.69. The Kier molecular flexibility index (Phi) is 3.27. The van der Waals surface area contributed by atoms with Crippen molar-refractivity contribution in [3.05, 3.63) is 27.8 Å². The second-order valence-corrected chi connectivity index (χ2v) is 7.04. The normalized spacial score (nSPS) is 30.4. The van der Waals surface area contributed by atoms with Crippen LogP contribution in [0.5, 0.6) is 0 Å². The van der Waals surface area contributed by atoms with E-state index < -0.39 is 11.6 Å². The molecule has 1 aromatic rings. The van der Waals surface area contributed by atoms with Gasteiger partial charge in [0.15, 0.2) is 0 Å². The van der Waals surface area contributed by atoms with Gasteiger partial charge in [-0.3, -0.25) is 14.5 Å². The molecule has 20 heavy (non-hydrogen) atoms. The number of carbonyl (C=O) groups is 2. The summed E-state index contributed by atoms with van der Waals surface area (Å²) in [6.07, 6.45) is 2.02. The van der Waals surface area contributed by atoms with E-state index in [9.17, 15) is 9.59 Å². The Hall–Kier alpha value is -1.11. The van der Waals surface area contributed by atoms with Crippen LogP contribution in [-0.4, -0.2) is 23.4 Å². The van der Waals surface area contributed by atoms with Crippen molar-refractivity contribution in [1.29, 1.82) is 0 Å². The van der Waals surface area contributed by atoms with Gasteiger partial charge in [-0.15, -0.1) is 0 Å². The Bertz CT molecular complexity index is 585. The number of nitrogens with zero attached hydrogens (tertiary/aromatic N) is 1. The van der Waals surface area contributed by atoms with E-state index in [2.05, 4.69) is 27.9 Å². The summed E-state index contributed by atoms with van der Waals surface area (Å²) in [5.74, 6) is 0.212. The summed E-state index contributed by atoms with van der Waals surface area (Å²) >= 11 is 2.22. The number of rotatable bonds is 2. The van der Waals surface area contributed by atoms with Crippen molar-refractivity contribution >= 4 is 40.1 Å². The molecule has 1 aliphatic carbocycles. The zero-order chi connectivity index (χ0) is 14.5. The molecule has 1 N–H and O–H groups in total. The molecule has 1 saturated carbocycles. The average Bonchev–Trinajstić information content (AvgIpc) is 3.21. The maximum absolute atomic E-state index is 12.9. The first-order valence-corrected chi connectivity index (χ1v) is 7.92.